The molecule has 5 rings (SSSR count). The molecule has 0 aromatic heterocycles. The monoisotopic (exact) mass is 450 g/mol. The van der Waals surface area contributed by atoms with E-state index in [0.29, 0.717) is 36.4 Å². The SMILES string of the molecule is CN1[C@@H]2C[C@@H](OC(=O)Nc3cc(CCCCC(=O)O)ccc3-c3ccccc3)C[C@H]1[C@@H]1O[C@@H]12. The predicted molar refractivity (Wildman–Crippen MR) is 124 cm³/mol. The van der Waals surface area contributed by atoms with Crippen molar-refractivity contribution in [1.29, 1.82) is 0 Å². The van der Waals surface area contributed by atoms with Crippen molar-refractivity contribution in [2.75, 3.05) is 12.4 Å². The lowest BCUT2D eigenvalue weighted by atomic mass is 9.99. The number of hydrogen-bond acceptors (Lipinski definition) is 5. The molecule has 2 aromatic carbocycles. The van der Waals surface area contributed by atoms with E-state index in [0.717, 1.165) is 42.4 Å². The van der Waals surface area contributed by atoms with Crippen LogP contribution in [-0.4, -0.2) is 59.5 Å². The summed E-state index contributed by atoms with van der Waals surface area (Å²) in [5.41, 5.74) is 3.72. The topological polar surface area (TPSA) is 91.4 Å². The zero-order valence-electron chi connectivity index (χ0n) is 18.8. The van der Waals surface area contributed by atoms with Crippen LogP contribution in [0.3, 0.4) is 0 Å². The molecule has 2 aromatic rings. The van der Waals surface area contributed by atoms with Crippen LogP contribution >= 0.6 is 0 Å². The number of morpholine rings is 1. The molecule has 2 N–H and O–H groups in total. The molecule has 3 heterocycles. The average molecular weight is 451 g/mol. The highest BCUT2D eigenvalue weighted by molar-refractivity contribution is 5.91. The Labute approximate surface area is 193 Å². The smallest absolute Gasteiger partial charge is 0.411 e. The second-order valence-electron chi connectivity index (χ2n) is 9.34. The van der Waals surface area contributed by atoms with E-state index in [2.05, 4.69) is 17.3 Å². The molecule has 0 saturated carbocycles. The van der Waals surface area contributed by atoms with Crippen molar-refractivity contribution in [3.8, 4) is 11.1 Å². The number of rotatable bonds is 8. The number of fused-ring (bicyclic) bond motifs is 5. The molecule has 3 fully saturated rings. The lowest BCUT2D eigenvalue weighted by molar-refractivity contribution is -0.137. The summed E-state index contributed by atoms with van der Waals surface area (Å²) < 4.78 is 11.6. The number of anilines is 1. The minimum atomic E-state index is -0.772. The van der Waals surface area contributed by atoms with Crippen molar-refractivity contribution in [2.45, 2.75) is 68.9 Å². The number of carbonyl (C=O) groups is 2. The van der Waals surface area contributed by atoms with Gasteiger partial charge in [-0.25, -0.2) is 4.79 Å². The Morgan fingerprint density at radius 3 is 2.52 bits per heavy atom. The van der Waals surface area contributed by atoms with Crippen LogP contribution in [0.25, 0.3) is 11.1 Å². The number of carboxylic acids is 1. The summed E-state index contributed by atoms with van der Waals surface area (Å²) in [6.07, 6.45) is 4.02. The zero-order chi connectivity index (χ0) is 22.9. The van der Waals surface area contributed by atoms with E-state index < -0.39 is 12.1 Å². The molecule has 0 aliphatic carbocycles. The Hall–Kier alpha value is -2.90. The van der Waals surface area contributed by atoms with Gasteiger partial charge in [0.15, 0.2) is 0 Å². The third kappa shape index (κ3) is 4.75. The van der Waals surface area contributed by atoms with Crippen molar-refractivity contribution in [3.05, 3.63) is 54.1 Å². The summed E-state index contributed by atoms with van der Waals surface area (Å²) in [6.45, 7) is 0. The fraction of sp³-hybridized carbons (Fsp3) is 0.462. The number of likely N-dealkylation sites (N-methyl/N-ethyl adjacent to an activating group) is 1. The Morgan fingerprint density at radius 2 is 1.82 bits per heavy atom. The van der Waals surface area contributed by atoms with Gasteiger partial charge in [0.05, 0.1) is 5.69 Å². The lowest BCUT2D eigenvalue weighted by Crippen LogP contribution is -2.48. The summed E-state index contributed by atoms with van der Waals surface area (Å²) in [4.78, 5) is 26.0. The number of aryl methyl sites for hydroxylation is 1. The second kappa shape index (κ2) is 9.15. The van der Waals surface area contributed by atoms with Crippen LogP contribution in [0.2, 0.25) is 0 Å². The molecule has 5 atom stereocenters. The normalized spacial score (nSPS) is 27.6. The number of epoxide rings is 1. The van der Waals surface area contributed by atoms with Gasteiger partial charge in [0.1, 0.15) is 18.3 Å². The molecule has 2 bridgehead atoms. The van der Waals surface area contributed by atoms with Crippen molar-refractivity contribution >= 4 is 17.7 Å². The molecule has 7 heteroatoms. The van der Waals surface area contributed by atoms with Gasteiger partial charge in [0.25, 0.3) is 0 Å². The number of hydrogen-bond donors (Lipinski definition) is 2. The van der Waals surface area contributed by atoms with Gasteiger partial charge in [-0.15, -0.1) is 0 Å². The van der Waals surface area contributed by atoms with E-state index in [9.17, 15) is 9.59 Å². The minimum absolute atomic E-state index is 0.105. The molecule has 174 valence electrons. The van der Waals surface area contributed by atoms with Crippen molar-refractivity contribution < 1.29 is 24.2 Å². The predicted octanol–water partition coefficient (Wildman–Crippen LogP) is 4.31. The molecule has 7 nitrogen and oxygen atoms in total. The van der Waals surface area contributed by atoms with Gasteiger partial charge in [-0.05, 0) is 43.5 Å². The number of carboxylic acid groups (broad SMARTS) is 1. The van der Waals surface area contributed by atoms with E-state index >= 15 is 0 Å². The van der Waals surface area contributed by atoms with Crippen LogP contribution in [0.1, 0.15) is 37.7 Å². The molecule has 0 spiro atoms. The Balaban J connectivity index is 1.27. The third-order valence-electron chi connectivity index (χ3n) is 7.16. The van der Waals surface area contributed by atoms with Gasteiger partial charge in [-0.1, -0.05) is 42.5 Å². The molecule has 3 saturated heterocycles. The Morgan fingerprint density at radius 1 is 1.09 bits per heavy atom. The number of piperidine rings is 1. The molecule has 33 heavy (non-hydrogen) atoms. The first kappa shape index (κ1) is 21.9. The van der Waals surface area contributed by atoms with Gasteiger partial charge in [-0.2, -0.15) is 0 Å². The second-order valence-corrected chi connectivity index (χ2v) is 9.34. The van der Waals surface area contributed by atoms with Crippen LogP contribution in [0.5, 0.6) is 0 Å². The summed E-state index contributed by atoms with van der Waals surface area (Å²) in [7, 11) is 2.13. The number of ether oxygens (including phenoxy) is 2. The van der Waals surface area contributed by atoms with Crippen LogP contribution in [0.15, 0.2) is 48.5 Å². The van der Waals surface area contributed by atoms with Crippen molar-refractivity contribution in [2.24, 2.45) is 0 Å². The fourth-order valence-electron chi connectivity index (χ4n) is 5.41. The van der Waals surface area contributed by atoms with E-state index in [1.807, 2.05) is 48.5 Å². The summed E-state index contributed by atoms with van der Waals surface area (Å²) in [5, 5.41) is 11.8. The number of amides is 1. The highest BCUT2D eigenvalue weighted by Gasteiger charge is 2.62. The van der Waals surface area contributed by atoms with Gasteiger partial charge in [0.2, 0.25) is 0 Å². The number of benzene rings is 2. The third-order valence-corrected chi connectivity index (χ3v) is 7.16. The average Bonchev–Trinajstić information content (AvgIpc) is 3.56. The fourth-order valence-corrected chi connectivity index (χ4v) is 5.41. The standard InChI is InChI=1S/C26H30N2O5/c1-28-21-14-18(15-22(28)25-24(21)33-25)32-26(31)27-20-13-16(7-5-6-10-23(29)30)11-12-19(20)17-8-3-2-4-9-17/h2-4,8-9,11-13,18,21-22,24-25H,5-7,10,14-15H2,1H3,(H,27,31)(H,29,30)/t18-,21-,22+,24-,25+. The first-order valence-electron chi connectivity index (χ1n) is 11.7. The molecular weight excluding hydrogens is 420 g/mol. The van der Waals surface area contributed by atoms with Crippen LogP contribution in [0.4, 0.5) is 10.5 Å². The quantitative estimate of drug-likeness (QED) is 0.460. The Bertz CT molecular complexity index is 1010. The van der Waals surface area contributed by atoms with Gasteiger partial charge in [-0.3, -0.25) is 15.0 Å². The first-order chi connectivity index (χ1) is 16.0. The number of carbonyl (C=O) groups excluding carboxylic acids is 1. The maximum Gasteiger partial charge on any atom is 0.411 e. The minimum Gasteiger partial charge on any atom is -0.481 e. The van der Waals surface area contributed by atoms with E-state index in [4.69, 9.17) is 14.6 Å². The molecule has 0 radical (unpaired) electrons. The van der Waals surface area contributed by atoms with E-state index in [1.54, 1.807) is 0 Å². The maximum atomic E-state index is 12.9. The zero-order valence-corrected chi connectivity index (χ0v) is 18.8. The summed E-state index contributed by atoms with van der Waals surface area (Å²) in [6, 6.07) is 16.6. The highest BCUT2D eigenvalue weighted by Crippen LogP contribution is 2.48. The molecule has 0 unspecified atom stereocenters. The Kier molecular flexibility index (Phi) is 6.08. The summed E-state index contributed by atoms with van der Waals surface area (Å²) in [5.74, 6) is -0.772. The molecular formula is C26H30N2O5. The first-order valence-corrected chi connectivity index (χ1v) is 11.7. The molecule has 1 amide bonds. The van der Waals surface area contributed by atoms with Gasteiger partial charge in [0, 0.05) is 36.9 Å². The molecule has 3 aliphatic heterocycles. The van der Waals surface area contributed by atoms with Crippen LogP contribution in [0, 0.1) is 0 Å². The maximum absolute atomic E-state index is 12.9. The molecule has 3 aliphatic rings. The van der Waals surface area contributed by atoms with Gasteiger partial charge >= 0.3 is 12.1 Å². The van der Waals surface area contributed by atoms with Crippen LogP contribution in [-0.2, 0) is 20.7 Å². The number of nitrogens with zero attached hydrogens (tertiary/aromatic N) is 1. The van der Waals surface area contributed by atoms with E-state index in [1.165, 1.54) is 0 Å². The number of unbranched alkanes of at least 4 members (excludes halogenated alkanes) is 1. The number of nitrogens with one attached hydrogen (secondary N) is 1. The van der Waals surface area contributed by atoms with Crippen LogP contribution < -0.4 is 5.32 Å². The van der Waals surface area contributed by atoms with Crippen molar-refractivity contribution in [1.82, 2.24) is 4.90 Å². The van der Waals surface area contributed by atoms with Crippen molar-refractivity contribution in [3.63, 3.8) is 0 Å². The lowest BCUT2D eigenvalue weighted by Gasteiger charge is -2.37. The highest BCUT2D eigenvalue weighted by atomic mass is 16.6. The summed E-state index contributed by atoms with van der Waals surface area (Å²) >= 11 is 0. The van der Waals surface area contributed by atoms with Gasteiger partial charge < -0.3 is 14.6 Å². The van der Waals surface area contributed by atoms with E-state index in [-0.39, 0.29) is 12.5 Å². The largest absolute Gasteiger partial charge is 0.481 e. The number of aliphatic carboxylic acids is 1.